The van der Waals surface area contributed by atoms with Gasteiger partial charge >= 0.3 is 0 Å². The van der Waals surface area contributed by atoms with Crippen molar-refractivity contribution in [3.05, 3.63) is 47.0 Å². The summed E-state index contributed by atoms with van der Waals surface area (Å²) in [6, 6.07) is 3.54. The Labute approximate surface area is 159 Å². The third-order valence-electron chi connectivity index (χ3n) is 3.76. The highest BCUT2D eigenvalue weighted by Gasteiger charge is 2.26. The number of anilines is 2. The Hall–Kier alpha value is -2.48. The quantitative estimate of drug-likeness (QED) is 0.475. The molecule has 0 unspecified atom stereocenters. The van der Waals surface area contributed by atoms with Crippen molar-refractivity contribution in [2.75, 3.05) is 18.6 Å². The van der Waals surface area contributed by atoms with Crippen molar-refractivity contribution in [3.63, 3.8) is 0 Å². The second-order valence-electron chi connectivity index (χ2n) is 5.32. The minimum Gasteiger partial charge on any atom is -0.383 e. The van der Waals surface area contributed by atoms with Crippen LogP contribution in [0, 0.1) is 0 Å². The van der Waals surface area contributed by atoms with E-state index in [0.717, 1.165) is 0 Å². The monoisotopic (exact) mass is 392 g/mol. The summed E-state index contributed by atoms with van der Waals surface area (Å²) in [7, 11) is 1.60. The van der Waals surface area contributed by atoms with E-state index in [9.17, 15) is 9.59 Å². The summed E-state index contributed by atoms with van der Waals surface area (Å²) in [5, 5.41) is 0.964. The summed E-state index contributed by atoms with van der Waals surface area (Å²) >= 11 is 12.4. The SMILES string of the molecule is COCCn1cc(N(C(=O)C=O)c2c(Cl)cncc2Cl)c2cccnc21. The number of aromatic nitrogens is 3. The Morgan fingerprint density at radius 3 is 2.73 bits per heavy atom. The number of methoxy groups -OCH3 is 1. The zero-order valence-corrected chi connectivity index (χ0v) is 15.2. The summed E-state index contributed by atoms with van der Waals surface area (Å²) in [4.78, 5) is 33.2. The molecule has 0 fully saturated rings. The van der Waals surface area contributed by atoms with Crippen molar-refractivity contribution < 1.29 is 14.3 Å². The van der Waals surface area contributed by atoms with Gasteiger partial charge in [0.15, 0.2) is 0 Å². The van der Waals surface area contributed by atoms with Gasteiger partial charge < -0.3 is 9.30 Å². The van der Waals surface area contributed by atoms with Gasteiger partial charge in [-0.2, -0.15) is 0 Å². The predicted octanol–water partition coefficient (Wildman–Crippen LogP) is 3.25. The van der Waals surface area contributed by atoms with Crippen LogP contribution in [0.15, 0.2) is 36.9 Å². The van der Waals surface area contributed by atoms with Crippen molar-refractivity contribution in [2.45, 2.75) is 6.54 Å². The first-order valence-electron chi connectivity index (χ1n) is 7.59. The normalized spacial score (nSPS) is 10.9. The van der Waals surface area contributed by atoms with E-state index in [2.05, 4.69) is 9.97 Å². The van der Waals surface area contributed by atoms with Gasteiger partial charge in [0.1, 0.15) is 5.65 Å². The molecule has 0 radical (unpaired) electrons. The van der Waals surface area contributed by atoms with E-state index in [1.165, 1.54) is 17.3 Å². The maximum Gasteiger partial charge on any atom is 0.295 e. The van der Waals surface area contributed by atoms with Crippen LogP contribution in [-0.4, -0.2) is 40.4 Å². The molecule has 0 aliphatic carbocycles. The van der Waals surface area contributed by atoms with Gasteiger partial charge in [0.05, 0.1) is 28.0 Å². The first-order chi connectivity index (χ1) is 12.6. The van der Waals surface area contributed by atoms with E-state index in [4.69, 9.17) is 27.9 Å². The van der Waals surface area contributed by atoms with Crippen LogP contribution in [0.5, 0.6) is 0 Å². The van der Waals surface area contributed by atoms with Gasteiger partial charge in [-0.25, -0.2) is 4.98 Å². The van der Waals surface area contributed by atoms with Crippen LogP contribution in [0.1, 0.15) is 0 Å². The average molecular weight is 393 g/mol. The standard InChI is InChI=1S/C17H14Cl2N4O3/c1-26-6-5-22-9-14(11-3-2-4-21-17(11)22)23(15(25)10-24)16-12(18)7-20-8-13(16)19/h2-4,7-10H,5-6H2,1H3. The Morgan fingerprint density at radius 2 is 2.08 bits per heavy atom. The molecule has 1 amide bonds. The molecule has 0 N–H and O–H groups in total. The molecular weight excluding hydrogens is 379 g/mol. The maximum absolute atomic E-state index is 12.5. The van der Waals surface area contributed by atoms with Gasteiger partial charge in [-0.3, -0.25) is 19.5 Å². The first-order valence-corrected chi connectivity index (χ1v) is 8.35. The van der Waals surface area contributed by atoms with Crippen molar-refractivity contribution in [2.24, 2.45) is 0 Å². The molecule has 0 saturated carbocycles. The lowest BCUT2D eigenvalue weighted by Crippen LogP contribution is -2.27. The summed E-state index contributed by atoms with van der Waals surface area (Å²) in [5.41, 5.74) is 1.27. The van der Waals surface area contributed by atoms with Crippen molar-refractivity contribution >= 4 is 57.8 Å². The first kappa shape index (κ1) is 18.3. The molecule has 0 bridgehead atoms. The lowest BCUT2D eigenvalue weighted by molar-refractivity contribution is -0.129. The van der Waals surface area contributed by atoms with E-state index >= 15 is 0 Å². The molecule has 0 aromatic carbocycles. The highest BCUT2D eigenvalue weighted by atomic mass is 35.5. The zero-order chi connectivity index (χ0) is 18.7. The Balaban J connectivity index is 2.26. The minimum absolute atomic E-state index is 0.148. The number of hydrogen-bond donors (Lipinski definition) is 0. The van der Waals surface area contributed by atoms with E-state index in [1.807, 2.05) is 4.57 Å². The number of ether oxygens (including phenoxy) is 1. The number of rotatable bonds is 6. The summed E-state index contributed by atoms with van der Waals surface area (Å²) in [5.74, 6) is -0.811. The number of carbonyl (C=O) groups excluding carboxylic acids is 2. The van der Waals surface area contributed by atoms with Gasteiger partial charge in [-0.15, -0.1) is 0 Å². The third kappa shape index (κ3) is 3.29. The molecule has 3 aromatic rings. The van der Waals surface area contributed by atoms with Gasteiger partial charge in [0, 0.05) is 43.8 Å². The molecule has 0 spiro atoms. The summed E-state index contributed by atoms with van der Waals surface area (Å²) < 4.78 is 6.96. The molecule has 3 heterocycles. The van der Waals surface area contributed by atoms with E-state index in [0.29, 0.717) is 29.9 Å². The molecule has 9 heteroatoms. The number of pyridine rings is 2. The predicted molar refractivity (Wildman–Crippen MR) is 99.1 cm³/mol. The van der Waals surface area contributed by atoms with Crippen LogP contribution < -0.4 is 4.90 Å². The second-order valence-corrected chi connectivity index (χ2v) is 6.13. The fourth-order valence-corrected chi connectivity index (χ4v) is 3.20. The average Bonchev–Trinajstić information content (AvgIpc) is 3.01. The topological polar surface area (TPSA) is 77.3 Å². The van der Waals surface area contributed by atoms with Gasteiger partial charge in [0.2, 0.25) is 6.29 Å². The third-order valence-corrected chi connectivity index (χ3v) is 4.32. The Kier molecular flexibility index (Phi) is 5.51. The lowest BCUT2D eigenvalue weighted by atomic mass is 10.2. The van der Waals surface area contributed by atoms with Crippen LogP contribution in [0.25, 0.3) is 11.0 Å². The van der Waals surface area contributed by atoms with Crippen LogP contribution >= 0.6 is 23.2 Å². The molecule has 0 aliphatic heterocycles. The number of carbonyl (C=O) groups is 2. The summed E-state index contributed by atoms with van der Waals surface area (Å²) in [6.07, 6.45) is 6.28. The largest absolute Gasteiger partial charge is 0.383 e. The molecular formula is C17H14Cl2N4O3. The van der Waals surface area contributed by atoms with Crippen LogP contribution in [-0.2, 0) is 20.9 Å². The van der Waals surface area contributed by atoms with E-state index < -0.39 is 5.91 Å². The van der Waals surface area contributed by atoms with Crippen LogP contribution in [0.4, 0.5) is 11.4 Å². The molecule has 0 aliphatic rings. The Bertz CT molecular complexity index is 954. The van der Waals surface area contributed by atoms with Crippen LogP contribution in [0.3, 0.4) is 0 Å². The number of hydrogen-bond acceptors (Lipinski definition) is 5. The number of aldehydes is 1. The van der Waals surface area contributed by atoms with Gasteiger partial charge in [-0.05, 0) is 12.1 Å². The van der Waals surface area contributed by atoms with E-state index in [-0.39, 0.29) is 22.0 Å². The molecule has 0 atom stereocenters. The number of amides is 1. The minimum atomic E-state index is -0.811. The maximum atomic E-state index is 12.5. The van der Waals surface area contributed by atoms with Crippen molar-refractivity contribution in [3.8, 4) is 0 Å². The highest BCUT2D eigenvalue weighted by molar-refractivity contribution is 6.43. The van der Waals surface area contributed by atoms with Gasteiger partial charge in [-0.1, -0.05) is 23.2 Å². The van der Waals surface area contributed by atoms with Crippen LogP contribution in [0.2, 0.25) is 10.0 Å². The van der Waals surface area contributed by atoms with Crippen molar-refractivity contribution in [1.29, 1.82) is 0 Å². The summed E-state index contributed by atoms with van der Waals surface area (Å²) in [6.45, 7) is 0.975. The highest BCUT2D eigenvalue weighted by Crippen LogP contribution is 2.40. The number of fused-ring (bicyclic) bond motifs is 1. The molecule has 3 rings (SSSR count). The molecule has 7 nitrogen and oxygen atoms in total. The number of nitrogens with zero attached hydrogens (tertiary/aromatic N) is 4. The lowest BCUT2D eigenvalue weighted by Gasteiger charge is -2.21. The zero-order valence-electron chi connectivity index (χ0n) is 13.7. The fourth-order valence-electron chi connectivity index (χ4n) is 2.66. The number of halogens is 2. The van der Waals surface area contributed by atoms with Crippen molar-refractivity contribution in [1.82, 2.24) is 14.5 Å². The smallest absolute Gasteiger partial charge is 0.295 e. The molecule has 3 aromatic heterocycles. The molecule has 134 valence electrons. The second kappa shape index (κ2) is 7.82. The van der Waals surface area contributed by atoms with E-state index in [1.54, 1.807) is 31.6 Å². The van der Waals surface area contributed by atoms with Gasteiger partial charge in [0.25, 0.3) is 5.91 Å². The molecule has 0 saturated heterocycles. The fraction of sp³-hybridized carbons (Fsp3) is 0.176. The molecule has 26 heavy (non-hydrogen) atoms. The Morgan fingerprint density at radius 1 is 1.35 bits per heavy atom.